The zero-order valence-corrected chi connectivity index (χ0v) is 20.9. The second-order valence-corrected chi connectivity index (χ2v) is 9.00. The molecule has 3 aromatic rings. The smallest absolute Gasteiger partial charge is 0.254 e. The molecule has 4 rings (SSSR count). The summed E-state index contributed by atoms with van der Waals surface area (Å²) >= 11 is 0. The second-order valence-electron chi connectivity index (χ2n) is 9.00. The summed E-state index contributed by atoms with van der Waals surface area (Å²) in [6.45, 7) is 1.99. The number of hydrogen-bond donors (Lipinski definition) is 2. The average molecular weight is 496 g/mol. The maximum atomic E-state index is 12.8. The van der Waals surface area contributed by atoms with Gasteiger partial charge in [-0.1, -0.05) is 48.2 Å². The Morgan fingerprint density at radius 3 is 1.97 bits per heavy atom. The standard InChI is InChI=1S/C30H29N3O4/c1-31-29(36)28(27(35)20-34)32(2)30(37)24-15-13-22(14-16-24)8-7-21-9-11-23(12-10-21)17-33-18-25-5-3-4-6-26(25)19-33/h3-6,9-16,28,34H,17-20H2,1-2H3,(H,31,36). The molecule has 37 heavy (non-hydrogen) atoms. The Balaban J connectivity index is 1.37. The van der Waals surface area contributed by atoms with Crippen molar-refractivity contribution in [3.63, 3.8) is 0 Å². The van der Waals surface area contributed by atoms with E-state index in [4.69, 9.17) is 5.11 Å². The maximum absolute atomic E-state index is 12.8. The molecule has 1 unspecified atom stereocenters. The molecule has 0 fully saturated rings. The molecule has 2 amide bonds. The number of aliphatic hydroxyl groups is 1. The topological polar surface area (TPSA) is 90.0 Å². The van der Waals surface area contributed by atoms with Crippen molar-refractivity contribution in [2.75, 3.05) is 20.7 Å². The Hall–Kier alpha value is -4.25. The van der Waals surface area contributed by atoms with Gasteiger partial charge in [-0.2, -0.15) is 0 Å². The van der Waals surface area contributed by atoms with Gasteiger partial charge in [-0.25, -0.2) is 0 Å². The van der Waals surface area contributed by atoms with Gasteiger partial charge in [0.05, 0.1) is 0 Å². The van der Waals surface area contributed by atoms with Crippen LogP contribution in [0.25, 0.3) is 0 Å². The first-order chi connectivity index (χ1) is 17.9. The van der Waals surface area contributed by atoms with Crippen LogP contribution < -0.4 is 5.32 Å². The summed E-state index contributed by atoms with van der Waals surface area (Å²) in [6.07, 6.45) is 0. The van der Waals surface area contributed by atoms with Gasteiger partial charge in [0, 0.05) is 50.4 Å². The quantitative estimate of drug-likeness (QED) is 0.388. The monoisotopic (exact) mass is 495 g/mol. The van der Waals surface area contributed by atoms with E-state index in [1.165, 1.54) is 30.8 Å². The Labute approximate surface area is 216 Å². The number of nitrogens with one attached hydrogen (secondary N) is 1. The lowest BCUT2D eigenvalue weighted by Crippen LogP contribution is -2.52. The zero-order chi connectivity index (χ0) is 26.4. The number of hydrogen-bond acceptors (Lipinski definition) is 5. The van der Waals surface area contributed by atoms with Crippen molar-refractivity contribution in [1.29, 1.82) is 0 Å². The van der Waals surface area contributed by atoms with Gasteiger partial charge in [0.15, 0.2) is 11.8 Å². The number of rotatable bonds is 7. The van der Waals surface area contributed by atoms with E-state index in [9.17, 15) is 14.4 Å². The SMILES string of the molecule is CNC(=O)C(C(=O)CO)N(C)C(=O)c1ccc(C#Cc2ccc(CN3Cc4ccccc4C3)cc2)cc1. The van der Waals surface area contributed by atoms with Crippen molar-refractivity contribution in [2.45, 2.75) is 25.7 Å². The number of likely N-dealkylation sites (N-methyl/N-ethyl adjacent to an activating group) is 2. The van der Waals surface area contributed by atoms with Crippen molar-refractivity contribution in [2.24, 2.45) is 0 Å². The van der Waals surface area contributed by atoms with Crippen LogP contribution in [0.1, 0.15) is 38.2 Å². The third-order valence-electron chi connectivity index (χ3n) is 6.41. The molecule has 0 radical (unpaired) electrons. The van der Waals surface area contributed by atoms with Crippen LogP contribution >= 0.6 is 0 Å². The highest BCUT2D eigenvalue weighted by atomic mass is 16.3. The molecule has 1 heterocycles. The van der Waals surface area contributed by atoms with Crippen molar-refractivity contribution < 1.29 is 19.5 Å². The molecule has 7 nitrogen and oxygen atoms in total. The summed E-state index contributed by atoms with van der Waals surface area (Å²) in [6, 6.07) is 22.0. The van der Waals surface area contributed by atoms with E-state index in [1.54, 1.807) is 24.3 Å². The molecule has 188 valence electrons. The highest BCUT2D eigenvalue weighted by Crippen LogP contribution is 2.24. The fraction of sp³-hybridized carbons (Fsp3) is 0.233. The predicted molar refractivity (Wildman–Crippen MR) is 140 cm³/mol. The van der Waals surface area contributed by atoms with Crippen LogP contribution in [0.15, 0.2) is 72.8 Å². The highest BCUT2D eigenvalue weighted by Gasteiger charge is 2.32. The van der Waals surface area contributed by atoms with Gasteiger partial charge in [0.2, 0.25) is 5.91 Å². The van der Waals surface area contributed by atoms with Gasteiger partial charge in [0.25, 0.3) is 5.91 Å². The van der Waals surface area contributed by atoms with E-state index in [1.807, 2.05) is 12.1 Å². The van der Waals surface area contributed by atoms with Crippen molar-refractivity contribution in [3.8, 4) is 11.8 Å². The lowest BCUT2D eigenvalue weighted by Gasteiger charge is -2.25. The minimum Gasteiger partial charge on any atom is -0.388 e. The van der Waals surface area contributed by atoms with Crippen molar-refractivity contribution in [3.05, 3.63) is 106 Å². The van der Waals surface area contributed by atoms with Crippen LogP contribution in [0.5, 0.6) is 0 Å². The Morgan fingerprint density at radius 2 is 1.46 bits per heavy atom. The van der Waals surface area contributed by atoms with Gasteiger partial charge in [-0.05, 0) is 53.1 Å². The Bertz CT molecular complexity index is 1310. The summed E-state index contributed by atoms with van der Waals surface area (Å²) in [5.41, 5.74) is 5.96. The molecule has 0 bridgehead atoms. The molecule has 0 saturated carbocycles. The lowest BCUT2D eigenvalue weighted by molar-refractivity contribution is -0.135. The third kappa shape index (κ3) is 6.12. The molecular formula is C30H29N3O4. The molecule has 0 saturated heterocycles. The summed E-state index contributed by atoms with van der Waals surface area (Å²) in [5, 5.41) is 11.5. The number of Topliss-reactive ketones (excluding diaryl/α,β-unsaturated/α-hetero) is 1. The van der Waals surface area contributed by atoms with E-state index < -0.39 is 30.2 Å². The van der Waals surface area contributed by atoms with Crippen LogP contribution in [0, 0.1) is 11.8 Å². The number of benzene rings is 3. The first-order valence-electron chi connectivity index (χ1n) is 12.0. The number of carbonyl (C=O) groups excluding carboxylic acids is 3. The fourth-order valence-corrected chi connectivity index (χ4v) is 4.39. The van der Waals surface area contributed by atoms with E-state index in [-0.39, 0.29) is 0 Å². The van der Waals surface area contributed by atoms with Crippen LogP contribution in [-0.2, 0) is 29.2 Å². The van der Waals surface area contributed by atoms with E-state index >= 15 is 0 Å². The average Bonchev–Trinajstić information content (AvgIpc) is 3.34. The molecule has 1 aliphatic rings. The summed E-state index contributed by atoms with van der Waals surface area (Å²) < 4.78 is 0. The largest absolute Gasteiger partial charge is 0.388 e. The van der Waals surface area contributed by atoms with Gasteiger partial charge in [0.1, 0.15) is 6.61 Å². The zero-order valence-electron chi connectivity index (χ0n) is 20.9. The highest BCUT2D eigenvalue weighted by molar-refractivity contribution is 6.10. The number of nitrogens with zero attached hydrogens (tertiary/aromatic N) is 2. The van der Waals surface area contributed by atoms with Crippen molar-refractivity contribution in [1.82, 2.24) is 15.1 Å². The summed E-state index contributed by atoms with van der Waals surface area (Å²) in [7, 11) is 2.72. The third-order valence-corrected chi connectivity index (χ3v) is 6.41. The number of aliphatic hydroxyl groups excluding tert-OH is 1. The molecule has 1 aliphatic heterocycles. The Kier molecular flexibility index (Phi) is 8.14. The number of carbonyl (C=O) groups is 3. The minimum absolute atomic E-state index is 0.307. The Morgan fingerprint density at radius 1 is 0.919 bits per heavy atom. The molecule has 2 N–H and O–H groups in total. The molecule has 0 spiro atoms. The van der Waals surface area contributed by atoms with Crippen LogP contribution in [0.2, 0.25) is 0 Å². The van der Waals surface area contributed by atoms with Crippen LogP contribution in [-0.4, -0.2) is 59.2 Å². The van der Waals surface area contributed by atoms with Gasteiger partial charge < -0.3 is 15.3 Å². The van der Waals surface area contributed by atoms with Gasteiger partial charge in [-0.3, -0.25) is 19.3 Å². The lowest BCUT2D eigenvalue weighted by atomic mass is 10.1. The molecule has 0 aromatic heterocycles. The molecule has 0 aliphatic carbocycles. The van der Waals surface area contributed by atoms with E-state index in [0.29, 0.717) is 5.56 Å². The summed E-state index contributed by atoms with van der Waals surface area (Å²) in [4.78, 5) is 40.3. The van der Waals surface area contributed by atoms with Crippen LogP contribution in [0.3, 0.4) is 0 Å². The molecular weight excluding hydrogens is 466 g/mol. The fourth-order valence-electron chi connectivity index (χ4n) is 4.39. The molecule has 7 heteroatoms. The predicted octanol–water partition coefficient (Wildman–Crippen LogP) is 2.35. The first kappa shape index (κ1) is 25.8. The van der Waals surface area contributed by atoms with Crippen LogP contribution in [0.4, 0.5) is 0 Å². The number of fused-ring (bicyclic) bond motifs is 1. The number of amides is 2. The maximum Gasteiger partial charge on any atom is 0.254 e. The number of ketones is 1. The van der Waals surface area contributed by atoms with E-state index in [0.717, 1.165) is 35.7 Å². The summed E-state index contributed by atoms with van der Waals surface area (Å²) in [5.74, 6) is 4.33. The molecule has 1 atom stereocenters. The minimum atomic E-state index is -1.40. The molecule has 3 aromatic carbocycles. The first-order valence-corrected chi connectivity index (χ1v) is 12.0. The van der Waals surface area contributed by atoms with Crippen molar-refractivity contribution >= 4 is 17.6 Å². The second kappa shape index (κ2) is 11.7. The van der Waals surface area contributed by atoms with E-state index in [2.05, 4.69) is 58.5 Å². The normalized spacial score (nSPS) is 13.2. The van der Waals surface area contributed by atoms with Gasteiger partial charge >= 0.3 is 0 Å². The van der Waals surface area contributed by atoms with Gasteiger partial charge in [-0.15, -0.1) is 0 Å².